The van der Waals surface area contributed by atoms with Gasteiger partial charge in [-0.25, -0.2) is 23.3 Å². The van der Waals surface area contributed by atoms with E-state index in [0.29, 0.717) is 34.6 Å². The summed E-state index contributed by atoms with van der Waals surface area (Å²) in [5.74, 6) is -4.89. The Morgan fingerprint density at radius 2 is 1.83 bits per heavy atom. The lowest BCUT2D eigenvalue weighted by atomic mass is 9.74. The number of rotatable bonds is 10. The summed E-state index contributed by atoms with van der Waals surface area (Å²) in [6, 6.07) is 4.78. The average Bonchev–Trinajstić information content (AvgIpc) is 3.69. The molecule has 3 heterocycles. The molecule has 0 spiro atoms. The van der Waals surface area contributed by atoms with Crippen LogP contribution in [0.1, 0.15) is 103 Å². The van der Waals surface area contributed by atoms with Crippen molar-refractivity contribution in [2.75, 3.05) is 0 Å². The number of nitrogens with one attached hydrogen (secondary N) is 1. The zero-order chi connectivity index (χ0) is 30.2. The molecule has 0 aliphatic heterocycles. The zero-order valence-electron chi connectivity index (χ0n) is 23.1. The molecular formula is C29H33F5N6O2. The van der Waals surface area contributed by atoms with Gasteiger partial charge in [-0.05, 0) is 67.2 Å². The van der Waals surface area contributed by atoms with Crippen LogP contribution in [0, 0.1) is 11.8 Å². The van der Waals surface area contributed by atoms with Gasteiger partial charge in [-0.3, -0.25) is 9.59 Å². The molecule has 3 N–H and O–H groups in total. The van der Waals surface area contributed by atoms with E-state index in [1.165, 1.54) is 4.52 Å². The summed E-state index contributed by atoms with van der Waals surface area (Å²) >= 11 is 0. The van der Waals surface area contributed by atoms with Crippen molar-refractivity contribution in [1.82, 2.24) is 24.9 Å². The number of fused-ring (bicyclic) bond motifs is 1. The van der Waals surface area contributed by atoms with E-state index >= 15 is 0 Å². The topological polar surface area (TPSA) is 115 Å². The minimum atomic E-state index is -4.43. The Balaban J connectivity index is 1.49. The van der Waals surface area contributed by atoms with Gasteiger partial charge in [-0.15, -0.1) is 0 Å². The van der Waals surface area contributed by atoms with Crippen molar-refractivity contribution in [3.8, 4) is 0 Å². The summed E-state index contributed by atoms with van der Waals surface area (Å²) in [5, 5.41) is 7.18. The number of pyridine rings is 1. The Morgan fingerprint density at radius 3 is 2.45 bits per heavy atom. The van der Waals surface area contributed by atoms with Crippen molar-refractivity contribution in [1.29, 1.82) is 0 Å². The molecular weight excluding hydrogens is 559 g/mol. The molecule has 2 atom stereocenters. The zero-order valence-corrected chi connectivity index (χ0v) is 23.1. The minimum Gasteiger partial charge on any atom is -0.364 e. The molecule has 0 unspecified atom stereocenters. The van der Waals surface area contributed by atoms with Crippen molar-refractivity contribution < 1.29 is 31.5 Å². The van der Waals surface area contributed by atoms with E-state index in [0.717, 1.165) is 12.8 Å². The highest BCUT2D eigenvalue weighted by atomic mass is 19.4. The van der Waals surface area contributed by atoms with Gasteiger partial charge in [0.2, 0.25) is 11.8 Å². The number of aryl methyl sites for hydroxylation is 1. The van der Waals surface area contributed by atoms with Crippen LogP contribution in [0.15, 0.2) is 30.6 Å². The van der Waals surface area contributed by atoms with E-state index in [-0.39, 0.29) is 43.2 Å². The first-order valence-corrected chi connectivity index (χ1v) is 14.2. The van der Waals surface area contributed by atoms with Gasteiger partial charge in [-0.2, -0.15) is 18.3 Å². The molecule has 5 rings (SSSR count). The summed E-state index contributed by atoms with van der Waals surface area (Å²) in [6.07, 6.45) is -0.977. The van der Waals surface area contributed by atoms with Crippen LogP contribution in [0.2, 0.25) is 0 Å². The van der Waals surface area contributed by atoms with E-state index in [1.807, 2.05) is 6.92 Å². The lowest BCUT2D eigenvalue weighted by molar-refractivity contribution is -0.144. The van der Waals surface area contributed by atoms with E-state index in [9.17, 15) is 31.5 Å². The van der Waals surface area contributed by atoms with Gasteiger partial charge in [-0.1, -0.05) is 13.0 Å². The van der Waals surface area contributed by atoms with Crippen molar-refractivity contribution >= 4 is 17.5 Å². The molecule has 13 heteroatoms. The highest BCUT2D eigenvalue weighted by molar-refractivity contribution is 5.92. The molecule has 8 nitrogen and oxygen atoms in total. The Kier molecular flexibility index (Phi) is 8.21. The number of nitrogens with two attached hydrogens (primary N) is 1. The summed E-state index contributed by atoms with van der Waals surface area (Å²) in [7, 11) is 0. The third-order valence-electron chi connectivity index (χ3n) is 8.23. The number of nitrogens with zero attached hydrogens (tertiary/aromatic N) is 4. The monoisotopic (exact) mass is 592 g/mol. The van der Waals surface area contributed by atoms with Crippen LogP contribution in [0.4, 0.5) is 22.0 Å². The Labute approximate surface area is 239 Å². The number of amides is 2. The number of primary amides is 1. The molecule has 2 aliphatic carbocycles. The molecule has 226 valence electrons. The molecule has 2 saturated carbocycles. The van der Waals surface area contributed by atoms with E-state index in [1.54, 1.807) is 30.6 Å². The fraction of sp³-hybridized carbons (Fsp3) is 0.552. The van der Waals surface area contributed by atoms with Gasteiger partial charge in [0.05, 0.1) is 30.6 Å². The number of aromatic nitrogens is 4. The first kappa shape index (κ1) is 29.8. The van der Waals surface area contributed by atoms with Crippen LogP contribution in [0.3, 0.4) is 0 Å². The van der Waals surface area contributed by atoms with Crippen molar-refractivity contribution in [2.45, 2.75) is 88.8 Å². The minimum absolute atomic E-state index is 0.0800. The maximum Gasteiger partial charge on any atom is 0.389 e. The molecule has 0 radical (unpaired) electrons. The molecule has 2 aliphatic rings. The predicted molar refractivity (Wildman–Crippen MR) is 143 cm³/mol. The molecule has 42 heavy (non-hydrogen) atoms. The van der Waals surface area contributed by atoms with Crippen LogP contribution >= 0.6 is 0 Å². The maximum absolute atomic E-state index is 14.1. The van der Waals surface area contributed by atoms with E-state index < -0.39 is 48.7 Å². The molecule has 3 aromatic heterocycles. The van der Waals surface area contributed by atoms with Crippen LogP contribution in [0.25, 0.3) is 5.65 Å². The second-order valence-electron chi connectivity index (χ2n) is 11.4. The van der Waals surface area contributed by atoms with Gasteiger partial charge in [0.25, 0.3) is 5.91 Å². The van der Waals surface area contributed by atoms with Crippen LogP contribution in [-0.4, -0.2) is 43.5 Å². The summed E-state index contributed by atoms with van der Waals surface area (Å²) in [6.45, 7) is 1.90. The maximum atomic E-state index is 14.1. The molecule has 3 aromatic rings. The predicted octanol–water partition coefficient (Wildman–Crippen LogP) is 5.65. The van der Waals surface area contributed by atoms with Crippen molar-refractivity contribution in [3.05, 3.63) is 58.8 Å². The van der Waals surface area contributed by atoms with Crippen LogP contribution in [0.5, 0.6) is 0 Å². The third-order valence-corrected chi connectivity index (χ3v) is 8.23. The first-order valence-electron chi connectivity index (χ1n) is 14.2. The second kappa shape index (κ2) is 11.6. The normalized spacial score (nSPS) is 19.0. The van der Waals surface area contributed by atoms with Crippen molar-refractivity contribution in [3.63, 3.8) is 0 Å². The number of carbonyl (C=O) groups is 2. The number of hydrogen-bond donors (Lipinski definition) is 2. The van der Waals surface area contributed by atoms with Crippen molar-refractivity contribution in [2.24, 2.45) is 17.6 Å². The molecule has 0 bridgehead atoms. The number of imidazole rings is 1. The third kappa shape index (κ3) is 6.87. The highest BCUT2D eigenvalue weighted by Gasteiger charge is 2.41. The van der Waals surface area contributed by atoms with Gasteiger partial charge < -0.3 is 11.1 Å². The highest BCUT2D eigenvalue weighted by Crippen LogP contribution is 2.46. The molecule has 0 aromatic carbocycles. The fourth-order valence-corrected chi connectivity index (χ4v) is 5.84. The number of hydrogen-bond acceptors (Lipinski definition) is 5. The van der Waals surface area contributed by atoms with E-state index in [4.69, 9.17) is 10.7 Å². The second-order valence-corrected chi connectivity index (χ2v) is 11.4. The summed E-state index contributed by atoms with van der Waals surface area (Å²) in [4.78, 5) is 34.0. The SMILES string of the molecule is CCc1ccc([C@@H](c2cn3ncc([C@H](NC(=O)CCC(F)(F)F)C4CC4)cc3n2)C2CCC(F)(F)CC2)c(C(N)=O)n1. The van der Waals surface area contributed by atoms with Gasteiger partial charge in [0, 0.05) is 30.9 Å². The lowest BCUT2D eigenvalue weighted by Crippen LogP contribution is -2.30. The number of halogens is 5. The van der Waals surface area contributed by atoms with Gasteiger partial charge in [0.1, 0.15) is 5.69 Å². The molecule has 2 amide bonds. The Bertz CT molecular complexity index is 1460. The Morgan fingerprint density at radius 1 is 1.12 bits per heavy atom. The largest absolute Gasteiger partial charge is 0.389 e. The van der Waals surface area contributed by atoms with Gasteiger partial charge >= 0.3 is 6.18 Å². The Hall–Kier alpha value is -3.64. The smallest absolute Gasteiger partial charge is 0.364 e. The van der Waals surface area contributed by atoms with Crippen LogP contribution < -0.4 is 11.1 Å². The fourth-order valence-electron chi connectivity index (χ4n) is 5.84. The standard InChI is InChI=1S/C29H33F5N6O2/c1-2-19-5-6-20(26(37-19)27(35)42)24(16-7-10-28(30,31)11-8-16)21-15-40-22(38-21)13-18(14-36-40)25(17-3-4-17)39-23(41)9-12-29(32,33)34/h5-6,13-17,24-25H,2-4,7-12H2,1H3,(H2,35,42)(H,39,41)/t24-,25+/m0/s1. The van der Waals surface area contributed by atoms with E-state index in [2.05, 4.69) is 15.4 Å². The van der Waals surface area contributed by atoms with Gasteiger partial charge in [0.15, 0.2) is 5.65 Å². The molecule has 2 fully saturated rings. The summed E-state index contributed by atoms with van der Waals surface area (Å²) in [5.41, 5.74) is 8.54. The number of carbonyl (C=O) groups excluding carboxylic acids is 2. The molecule has 0 saturated heterocycles. The first-order chi connectivity index (χ1) is 19.8. The lowest BCUT2D eigenvalue weighted by Gasteiger charge is -2.33. The quantitative estimate of drug-likeness (QED) is 0.295. The van der Waals surface area contributed by atoms with Crippen LogP contribution in [-0.2, 0) is 11.2 Å². The summed E-state index contributed by atoms with van der Waals surface area (Å²) < 4.78 is 67.6. The average molecular weight is 593 g/mol. The number of alkyl halides is 5.